The monoisotopic (exact) mass is 366 g/mol. The Kier molecular flexibility index (Phi) is 8.48. The van der Waals surface area contributed by atoms with Gasteiger partial charge >= 0.3 is 5.97 Å². The van der Waals surface area contributed by atoms with Crippen LogP contribution in [-0.4, -0.2) is 47.0 Å². The van der Waals surface area contributed by atoms with Gasteiger partial charge in [0.1, 0.15) is 12.1 Å². The van der Waals surface area contributed by atoms with Crippen molar-refractivity contribution in [2.24, 2.45) is 5.92 Å². The third-order valence-corrected chi connectivity index (χ3v) is 4.39. The number of aryl methyl sites for hydroxylation is 1. The molecule has 138 valence electrons. The molecule has 0 radical (unpaired) electrons. The highest BCUT2D eigenvalue weighted by atomic mass is 32.2. The topological polar surface area (TPSA) is 95.5 Å². The summed E-state index contributed by atoms with van der Waals surface area (Å²) in [5.74, 6) is -1.46. The zero-order chi connectivity index (χ0) is 19.0. The van der Waals surface area contributed by atoms with Crippen LogP contribution in [0.1, 0.15) is 36.2 Å². The summed E-state index contributed by atoms with van der Waals surface area (Å²) in [4.78, 5) is 36.2. The summed E-state index contributed by atoms with van der Waals surface area (Å²) >= 11 is 1.51. The number of hydrogen-bond donors (Lipinski definition) is 3. The van der Waals surface area contributed by atoms with Crippen molar-refractivity contribution >= 4 is 29.5 Å². The Labute approximate surface area is 152 Å². The molecular weight excluding hydrogens is 340 g/mol. The van der Waals surface area contributed by atoms with Crippen molar-refractivity contribution < 1.29 is 19.5 Å². The van der Waals surface area contributed by atoms with Gasteiger partial charge in [0.05, 0.1) is 0 Å². The largest absolute Gasteiger partial charge is 0.480 e. The quantitative estimate of drug-likeness (QED) is 0.622. The molecule has 0 aromatic heterocycles. The second kappa shape index (κ2) is 10.1. The van der Waals surface area contributed by atoms with Gasteiger partial charge in [0.25, 0.3) is 5.91 Å². The van der Waals surface area contributed by atoms with Crippen molar-refractivity contribution in [1.82, 2.24) is 10.6 Å². The van der Waals surface area contributed by atoms with Crippen molar-refractivity contribution in [3.8, 4) is 0 Å². The van der Waals surface area contributed by atoms with E-state index in [0.29, 0.717) is 17.7 Å². The SMILES string of the molecule is CSCCC(NC(=O)[C@@H](NC(=O)c1cccc(C)c1)C(C)C)C(=O)O. The first-order valence-corrected chi connectivity index (χ1v) is 9.55. The second-order valence-corrected chi connectivity index (χ2v) is 7.23. The van der Waals surface area contributed by atoms with E-state index in [4.69, 9.17) is 0 Å². The molecule has 0 bridgehead atoms. The van der Waals surface area contributed by atoms with Gasteiger partial charge in [0.2, 0.25) is 5.91 Å². The molecule has 0 spiro atoms. The third kappa shape index (κ3) is 6.78. The molecule has 0 saturated heterocycles. The van der Waals surface area contributed by atoms with Gasteiger partial charge in [-0.25, -0.2) is 4.79 Å². The molecule has 1 rings (SSSR count). The summed E-state index contributed by atoms with van der Waals surface area (Å²) in [6.45, 7) is 5.49. The van der Waals surface area contributed by atoms with E-state index >= 15 is 0 Å². The molecule has 0 heterocycles. The number of carbonyl (C=O) groups excluding carboxylic acids is 2. The second-order valence-electron chi connectivity index (χ2n) is 6.25. The highest BCUT2D eigenvalue weighted by Gasteiger charge is 2.28. The van der Waals surface area contributed by atoms with Crippen LogP contribution < -0.4 is 10.6 Å². The number of carbonyl (C=O) groups is 3. The molecule has 6 nitrogen and oxygen atoms in total. The van der Waals surface area contributed by atoms with Crippen LogP contribution in [0.3, 0.4) is 0 Å². The lowest BCUT2D eigenvalue weighted by atomic mass is 10.0. The van der Waals surface area contributed by atoms with Gasteiger partial charge in [0, 0.05) is 5.56 Å². The normalized spacial score (nSPS) is 13.2. The molecule has 1 aromatic carbocycles. The lowest BCUT2D eigenvalue weighted by molar-refractivity contribution is -0.142. The summed E-state index contributed by atoms with van der Waals surface area (Å²) in [7, 11) is 0. The van der Waals surface area contributed by atoms with E-state index in [-0.39, 0.29) is 11.8 Å². The van der Waals surface area contributed by atoms with E-state index < -0.39 is 24.0 Å². The Morgan fingerprint density at radius 1 is 1.20 bits per heavy atom. The summed E-state index contributed by atoms with van der Waals surface area (Å²) in [6.07, 6.45) is 2.21. The Morgan fingerprint density at radius 3 is 2.40 bits per heavy atom. The number of carboxylic acids is 1. The molecule has 0 saturated carbocycles. The smallest absolute Gasteiger partial charge is 0.326 e. The zero-order valence-corrected chi connectivity index (χ0v) is 15.9. The van der Waals surface area contributed by atoms with Gasteiger partial charge in [-0.3, -0.25) is 9.59 Å². The maximum Gasteiger partial charge on any atom is 0.326 e. The van der Waals surface area contributed by atoms with Crippen LogP contribution in [-0.2, 0) is 9.59 Å². The molecule has 25 heavy (non-hydrogen) atoms. The molecule has 1 unspecified atom stereocenters. The van der Waals surface area contributed by atoms with E-state index in [0.717, 1.165) is 5.56 Å². The summed E-state index contributed by atoms with van der Waals surface area (Å²) in [5.41, 5.74) is 1.41. The highest BCUT2D eigenvalue weighted by Crippen LogP contribution is 2.09. The number of benzene rings is 1. The van der Waals surface area contributed by atoms with Gasteiger partial charge < -0.3 is 15.7 Å². The average molecular weight is 366 g/mol. The zero-order valence-electron chi connectivity index (χ0n) is 15.0. The third-order valence-electron chi connectivity index (χ3n) is 3.74. The Bertz CT molecular complexity index is 619. The van der Waals surface area contributed by atoms with Crippen LogP contribution >= 0.6 is 11.8 Å². The molecule has 1 aromatic rings. The molecule has 0 fully saturated rings. The van der Waals surface area contributed by atoms with Crippen LogP contribution in [0.2, 0.25) is 0 Å². The van der Waals surface area contributed by atoms with Crippen molar-refractivity contribution in [2.45, 2.75) is 39.3 Å². The number of aliphatic carboxylic acids is 1. The van der Waals surface area contributed by atoms with Crippen LogP contribution in [0.25, 0.3) is 0 Å². The fourth-order valence-corrected chi connectivity index (χ4v) is 2.77. The minimum Gasteiger partial charge on any atom is -0.480 e. The van der Waals surface area contributed by atoms with Gasteiger partial charge in [-0.1, -0.05) is 31.5 Å². The standard InChI is InChI=1S/C18H26N2O4S/c1-11(2)15(17(22)19-14(18(23)24)8-9-25-4)20-16(21)13-7-5-6-12(3)10-13/h5-7,10-11,14-15H,8-9H2,1-4H3,(H,19,22)(H,20,21)(H,23,24)/t14?,15-/m0/s1. The van der Waals surface area contributed by atoms with Gasteiger partial charge in [0.15, 0.2) is 0 Å². The lowest BCUT2D eigenvalue weighted by Gasteiger charge is -2.24. The van der Waals surface area contributed by atoms with Crippen LogP contribution in [0, 0.1) is 12.8 Å². The Morgan fingerprint density at radius 2 is 1.88 bits per heavy atom. The minimum atomic E-state index is -1.07. The molecule has 0 aliphatic heterocycles. The van der Waals surface area contributed by atoms with E-state index in [2.05, 4.69) is 10.6 Å². The lowest BCUT2D eigenvalue weighted by Crippen LogP contribution is -2.53. The molecular formula is C18H26N2O4S. The molecule has 2 atom stereocenters. The van der Waals surface area contributed by atoms with Crippen LogP contribution in [0.15, 0.2) is 24.3 Å². The number of hydrogen-bond acceptors (Lipinski definition) is 4. The van der Waals surface area contributed by atoms with Gasteiger partial charge in [-0.15, -0.1) is 0 Å². The maximum absolute atomic E-state index is 12.5. The van der Waals surface area contributed by atoms with E-state index in [1.165, 1.54) is 11.8 Å². The first-order chi connectivity index (χ1) is 11.8. The van der Waals surface area contributed by atoms with Crippen molar-refractivity contribution in [3.05, 3.63) is 35.4 Å². The fraction of sp³-hybridized carbons (Fsp3) is 0.500. The van der Waals surface area contributed by atoms with Gasteiger partial charge in [-0.2, -0.15) is 11.8 Å². The summed E-state index contributed by atoms with van der Waals surface area (Å²) < 4.78 is 0. The van der Waals surface area contributed by atoms with E-state index in [1.54, 1.807) is 32.0 Å². The minimum absolute atomic E-state index is 0.177. The van der Waals surface area contributed by atoms with Crippen LogP contribution in [0.5, 0.6) is 0 Å². The van der Waals surface area contributed by atoms with Crippen molar-refractivity contribution in [2.75, 3.05) is 12.0 Å². The molecule has 7 heteroatoms. The molecule has 0 aliphatic carbocycles. The van der Waals surface area contributed by atoms with E-state index in [9.17, 15) is 19.5 Å². The summed E-state index contributed by atoms with van der Waals surface area (Å²) in [6, 6.07) is 5.31. The molecule has 3 N–H and O–H groups in total. The predicted molar refractivity (Wildman–Crippen MR) is 99.8 cm³/mol. The first kappa shape index (κ1) is 21.0. The number of thioether (sulfide) groups is 1. The first-order valence-electron chi connectivity index (χ1n) is 8.16. The number of nitrogens with one attached hydrogen (secondary N) is 2. The number of amides is 2. The number of carboxylic acid groups (broad SMARTS) is 1. The molecule has 0 aliphatic rings. The van der Waals surface area contributed by atoms with Crippen LogP contribution in [0.4, 0.5) is 0 Å². The van der Waals surface area contributed by atoms with Gasteiger partial charge in [-0.05, 0) is 43.4 Å². The molecule has 2 amide bonds. The Hall–Kier alpha value is -2.02. The summed E-state index contributed by atoms with van der Waals surface area (Å²) in [5, 5.41) is 14.5. The Balaban J connectivity index is 2.82. The fourth-order valence-electron chi connectivity index (χ4n) is 2.30. The number of rotatable bonds is 9. The predicted octanol–water partition coefficient (Wildman–Crippen LogP) is 2.07. The highest BCUT2D eigenvalue weighted by molar-refractivity contribution is 7.98. The van der Waals surface area contributed by atoms with E-state index in [1.807, 2.05) is 19.2 Å². The maximum atomic E-state index is 12.5. The van der Waals surface area contributed by atoms with Crippen molar-refractivity contribution in [3.63, 3.8) is 0 Å². The average Bonchev–Trinajstić information content (AvgIpc) is 2.55. The van der Waals surface area contributed by atoms with Crippen molar-refractivity contribution in [1.29, 1.82) is 0 Å².